The number of ketones is 1. The maximum absolute atomic E-state index is 13.5. The summed E-state index contributed by atoms with van der Waals surface area (Å²) in [6, 6.07) is 12.7. The lowest BCUT2D eigenvalue weighted by molar-refractivity contribution is 0.0915. The largest absolute Gasteiger partial charge is 0.294 e. The Morgan fingerprint density at radius 1 is 1.19 bits per heavy atom. The lowest BCUT2D eigenvalue weighted by Gasteiger charge is -2.14. The van der Waals surface area contributed by atoms with Crippen LogP contribution in [0.3, 0.4) is 0 Å². The second-order valence-electron chi connectivity index (χ2n) is 5.59. The van der Waals surface area contributed by atoms with Crippen LogP contribution in [-0.4, -0.2) is 5.78 Å². The normalized spacial score (nSPS) is 18.2. The predicted octanol–water partition coefficient (Wildman–Crippen LogP) is 4.97. The van der Waals surface area contributed by atoms with Crippen molar-refractivity contribution in [3.05, 3.63) is 69.4 Å². The second-order valence-corrected chi connectivity index (χ2v) is 6.51. The monoisotopic (exact) mass is 346 g/mol. The lowest BCUT2D eigenvalue weighted by atomic mass is 9.89. The lowest BCUT2D eigenvalue weighted by Crippen LogP contribution is -2.16. The first-order chi connectivity index (χ1) is 10.1. The van der Waals surface area contributed by atoms with E-state index >= 15 is 0 Å². The molecule has 1 atom stereocenters. The van der Waals surface area contributed by atoms with Gasteiger partial charge in [0, 0.05) is 16.0 Å². The number of Topliss-reactive ketones (excluding diaryl/α,β-unsaturated/α-hetero) is 1. The van der Waals surface area contributed by atoms with E-state index in [1.807, 2.05) is 30.3 Å². The Morgan fingerprint density at radius 2 is 2.00 bits per heavy atom. The van der Waals surface area contributed by atoms with Crippen molar-refractivity contribution < 1.29 is 9.18 Å². The van der Waals surface area contributed by atoms with Crippen LogP contribution in [-0.2, 0) is 12.8 Å². The van der Waals surface area contributed by atoms with Gasteiger partial charge in [-0.15, -0.1) is 0 Å². The molecule has 0 aromatic heterocycles. The molecule has 2 aromatic rings. The Morgan fingerprint density at radius 3 is 2.81 bits per heavy atom. The van der Waals surface area contributed by atoms with Gasteiger partial charge in [0.25, 0.3) is 0 Å². The molecule has 0 bridgehead atoms. The fourth-order valence-corrected chi connectivity index (χ4v) is 3.59. The summed E-state index contributed by atoms with van der Waals surface area (Å²) < 4.78 is 14.2. The van der Waals surface area contributed by atoms with Crippen molar-refractivity contribution in [3.63, 3.8) is 0 Å². The molecule has 0 amide bonds. The highest BCUT2D eigenvalue weighted by Crippen LogP contribution is 2.28. The van der Waals surface area contributed by atoms with Crippen LogP contribution in [0.1, 0.15) is 34.3 Å². The zero-order valence-electron chi connectivity index (χ0n) is 11.6. The molecule has 0 spiro atoms. The summed E-state index contributed by atoms with van der Waals surface area (Å²) in [5.41, 5.74) is 2.86. The van der Waals surface area contributed by atoms with Gasteiger partial charge in [-0.3, -0.25) is 4.79 Å². The summed E-state index contributed by atoms with van der Waals surface area (Å²) >= 11 is 3.31. The molecule has 0 aliphatic heterocycles. The highest BCUT2D eigenvalue weighted by atomic mass is 79.9. The maximum Gasteiger partial charge on any atom is 0.166 e. The van der Waals surface area contributed by atoms with E-state index in [2.05, 4.69) is 15.9 Å². The molecular weight excluding hydrogens is 331 g/mol. The molecular formula is C18H16BrFO. The molecule has 1 aliphatic carbocycles. The van der Waals surface area contributed by atoms with Crippen LogP contribution in [0.2, 0.25) is 0 Å². The van der Waals surface area contributed by atoms with E-state index in [1.165, 1.54) is 12.1 Å². The second kappa shape index (κ2) is 6.10. The number of rotatable bonds is 2. The van der Waals surface area contributed by atoms with Crippen LogP contribution in [0, 0.1) is 11.7 Å². The quantitative estimate of drug-likeness (QED) is 0.702. The minimum atomic E-state index is -0.263. The summed E-state index contributed by atoms with van der Waals surface area (Å²) in [5.74, 6) is -0.119. The fourth-order valence-electron chi connectivity index (χ4n) is 3.08. The third-order valence-electron chi connectivity index (χ3n) is 4.06. The van der Waals surface area contributed by atoms with Gasteiger partial charge in [0.15, 0.2) is 5.78 Å². The van der Waals surface area contributed by atoms with Crippen molar-refractivity contribution in [2.45, 2.75) is 25.7 Å². The SMILES string of the molecule is O=C1c2ccccc2CCCC1Cc1cc(F)cc(Br)c1. The zero-order chi connectivity index (χ0) is 14.8. The molecule has 0 fully saturated rings. The van der Waals surface area contributed by atoms with Gasteiger partial charge < -0.3 is 0 Å². The summed E-state index contributed by atoms with van der Waals surface area (Å²) in [6.07, 6.45) is 3.42. The summed E-state index contributed by atoms with van der Waals surface area (Å²) in [7, 11) is 0. The highest BCUT2D eigenvalue weighted by molar-refractivity contribution is 9.10. The molecule has 1 nitrogen and oxygen atoms in total. The third kappa shape index (κ3) is 3.24. The van der Waals surface area contributed by atoms with Crippen molar-refractivity contribution in [3.8, 4) is 0 Å². The van der Waals surface area contributed by atoms with Crippen LogP contribution in [0.4, 0.5) is 4.39 Å². The molecule has 3 rings (SSSR count). The Hall–Kier alpha value is -1.48. The van der Waals surface area contributed by atoms with E-state index in [1.54, 1.807) is 0 Å². The molecule has 2 aromatic carbocycles. The Bertz CT molecular complexity index is 660. The Labute approximate surface area is 132 Å². The molecule has 1 aliphatic rings. The fraction of sp³-hybridized carbons (Fsp3) is 0.278. The van der Waals surface area contributed by atoms with Gasteiger partial charge in [0.05, 0.1) is 0 Å². The van der Waals surface area contributed by atoms with Gasteiger partial charge in [0.1, 0.15) is 5.82 Å². The van der Waals surface area contributed by atoms with Gasteiger partial charge in [0.2, 0.25) is 0 Å². The van der Waals surface area contributed by atoms with E-state index < -0.39 is 0 Å². The van der Waals surface area contributed by atoms with Gasteiger partial charge in [-0.2, -0.15) is 0 Å². The van der Waals surface area contributed by atoms with Crippen LogP contribution >= 0.6 is 15.9 Å². The molecule has 0 saturated heterocycles. The summed E-state index contributed by atoms with van der Waals surface area (Å²) in [5, 5.41) is 0. The first-order valence-corrected chi connectivity index (χ1v) is 8.00. The van der Waals surface area contributed by atoms with Gasteiger partial charge in [-0.1, -0.05) is 40.2 Å². The zero-order valence-corrected chi connectivity index (χ0v) is 13.2. The minimum Gasteiger partial charge on any atom is -0.294 e. The van der Waals surface area contributed by atoms with Crippen molar-refractivity contribution in [1.82, 2.24) is 0 Å². The van der Waals surface area contributed by atoms with Crippen molar-refractivity contribution in [1.29, 1.82) is 0 Å². The molecule has 3 heteroatoms. The number of carbonyl (C=O) groups is 1. The third-order valence-corrected chi connectivity index (χ3v) is 4.51. The molecule has 1 unspecified atom stereocenters. The number of hydrogen-bond donors (Lipinski definition) is 0. The van der Waals surface area contributed by atoms with E-state index in [9.17, 15) is 9.18 Å². The smallest absolute Gasteiger partial charge is 0.166 e. The van der Waals surface area contributed by atoms with Crippen LogP contribution < -0.4 is 0 Å². The number of fused-ring (bicyclic) bond motifs is 1. The number of hydrogen-bond acceptors (Lipinski definition) is 1. The molecule has 0 N–H and O–H groups in total. The first-order valence-electron chi connectivity index (χ1n) is 7.20. The Kier molecular flexibility index (Phi) is 4.20. The summed E-state index contributed by atoms with van der Waals surface area (Å²) in [4.78, 5) is 12.7. The maximum atomic E-state index is 13.5. The van der Waals surface area contributed by atoms with E-state index in [-0.39, 0.29) is 17.5 Å². The van der Waals surface area contributed by atoms with E-state index in [0.29, 0.717) is 6.42 Å². The standard InChI is InChI=1S/C18H16BrFO/c19-15-9-12(10-16(20)11-15)8-14-6-3-5-13-4-1-2-7-17(13)18(14)21/h1-2,4,7,9-11,14H,3,5-6,8H2. The highest BCUT2D eigenvalue weighted by Gasteiger charge is 2.25. The van der Waals surface area contributed by atoms with Crippen molar-refractivity contribution in [2.24, 2.45) is 5.92 Å². The van der Waals surface area contributed by atoms with Gasteiger partial charge in [-0.25, -0.2) is 4.39 Å². The van der Waals surface area contributed by atoms with Gasteiger partial charge >= 0.3 is 0 Å². The average Bonchev–Trinajstić information content (AvgIpc) is 2.59. The number of halogens is 2. The molecule has 108 valence electrons. The predicted molar refractivity (Wildman–Crippen MR) is 85.0 cm³/mol. The molecule has 0 heterocycles. The van der Waals surface area contributed by atoms with Gasteiger partial charge in [-0.05, 0) is 55.0 Å². The number of aryl methyl sites for hydroxylation is 1. The van der Waals surface area contributed by atoms with E-state index in [4.69, 9.17) is 0 Å². The number of carbonyl (C=O) groups excluding carboxylic acids is 1. The molecule has 0 radical (unpaired) electrons. The molecule has 21 heavy (non-hydrogen) atoms. The van der Waals surface area contributed by atoms with Crippen LogP contribution in [0.5, 0.6) is 0 Å². The van der Waals surface area contributed by atoms with Crippen molar-refractivity contribution in [2.75, 3.05) is 0 Å². The Balaban J connectivity index is 1.87. The van der Waals surface area contributed by atoms with E-state index in [0.717, 1.165) is 40.4 Å². The van der Waals surface area contributed by atoms with Crippen LogP contribution in [0.15, 0.2) is 46.9 Å². The minimum absolute atomic E-state index is 0.0534. The average molecular weight is 347 g/mol. The van der Waals surface area contributed by atoms with Crippen LogP contribution in [0.25, 0.3) is 0 Å². The summed E-state index contributed by atoms with van der Waals surface area (Å²) in [6.45, 7) is 0. The number of benzene rings is 2. The first kappa shape index (κ1) is 14.5. The van der Waals surface area contributed by atoms with Crippen molar-refractivity contribution >= 4 is 21.7 Å². The molecule has 0 saturated carbocycles. The topological polar surface area (TPSA) is 17.1 Å².